The number of rotatable bonds is 8. The number of carbonyl (C=O) groups is 1. The van der Waals surface area contributed by atoms with Gasteiger partial charge in [0.1, 0.15) is 0 Å². The van der Waals surface area contributed by atoms with Crippen molar-refractivity contribution in [1.82, 2.24) is 15.5 Å². The molecule has 1 aliphatic heterocycles. The number of hydrogen-bond donors (Lipinski definition) is 2. The molecular weight excluding hydrogens is 491 g/mol. The summed E-state index contributed by atoms with van der Waals surface area (Å²) in [4.78, 5) is 19.9. The normalized spacial score (nSPS) is 24.5. The largest absolute Gasteiger partial charge is 0.385 e. The average Bonchev–Trinajstić information content (AvgIpc) is 3.41. The summed E-state index contributed by atoms with van der Waals surface area (Å²) in [6, 6.07) is 0.304. The van der Waals surface area contributed by atoms with E-state index in [-0.39, 0.29) is 29.9 Å². The van der Waals surface area contributed by atoms with Crippen molar-refractivity contribution in [3.05, 3.63) is 0 Å². The predicted octanol–water partition coefficient (Wildman–Crippen LogP) is 3.94. The van der Waals surface area contributed by atoms with Gasteiger partial charge in [-0.05, 0) is 50.9 Å². The molecule has 0 aromatic rings. The van der Waals surface area contributed by atoms with Gasteiger partial charge in [0.2, 0.25) is 5.91 Å². The lowest BCUT2D eigenvalue weighted by Gasteiger charge is -2.28. The van der Waals surface area contributed by atoms with Gasteiger partial charge in [-0.25, -0.2) is 0 Å². The summed E-state index contributed by atoms with van der Waals surface area (Å²) in [7, 11) is 1.79. The Morgan fingerprint density at radius 1 is 1.13 bits per heavy atom. The zero-order valence-electron chi connectivity index (χ0n) is 19.1. The lowest BCUT2D eigenvalue weighted by Crippen LogP contribution is -2.46. The molecule has 3 aliphatic rings. The lowest BCUT2D eigenvalue weighted by molar-refractivity contribution is -0.135. The molecule has 1 amide bonds. The van der Waals surface area contributed by atoms with Crippen LogP contribution in [-0.4, -0.2) is 62.7 Å². The maximum absolute atomic E-state index is 12.8. The molecule has 2 N–H and O–H groups in total. The molecule has 0 spiro atoms. The first kappa shape index (κ1) is 25.7. The van der Waals surface area contributed by atoms with E-state index in [1.165, 1.54) is 44.9 Å². The lowest BCUT2D eigenvalue weighted by atomic mass is 9.83. The van der Waals surface area contributed by atoms with Crippen LogP contribution in [0, 0.1) is 11.3 Å². The van der Waals surface area contributed by atoms with Gasteiger partial charge in [0.15, 0.2) is 5.96 Å². The maximum atomic E-state index is 12.8. The van der Waals surface area contributed by atoms with Crippen LogP contribution in [0.1, 0.15) is 77.6 Å². The number of methoxy groups -OCH3 is 1. The van der Waals surface area contributed by atoms with E-state index in [9.17, 15) is 4.79 Å². The molecule has 7 heteroatoms. The minimum Gasteiger partial charge on any atom is -0.385 e. The fourth-order valence-electron chi connectivity index (χ4n) is 5.38. The van der Waals surface area contributed by atoms with Crippen molar-refractivity contribution in [2.75, 3.05) is 39.9 Å². The molecule has 1 atom stereocenters. The van der Waals surface area contributed by atoms with Crippen LogP contribution in [0.5, 0.6) is 0 Å². The van der Waals surface area contributed by atoms with Gasteiger partial charge in [-0.2, -0.15) is 0 Å². The van der Waals surface area contributed by atoms with Gasteiger partial charge in [0.25, 0.3) is 0 Å². The minimum atomic E-state index is 0. The highest BCUT2D eigenvalue weighted by atomic mass is 127. The predicted molar refractivity (Wildman–Crippen MR) is 133 cm³/mol. The van der Waals surface area contributed by atoms with Gasteiger partial charge in [-0.3, -0.25) is 9.79 Å². The molecule has 1 unspecified atom stereocenters. The Morgan fingerprint density at radius 3 is 2.53 bits per heavy atom. The highest BCUT2D eigenvalue weighted by Crippen LogP contribution is 2.41. The number of carbonyl (C=O) groups excluding carboxylic acids is 1. The Kier molecular flexibility index (Phi) is 11.2. The molecule has 3 fully saturated rings. The van der Waals surface area contributed by atoms with E-state index in [0.717, 1.165) is 64.4 Å². The molecule has 2 aliphatic carbocycles. The van der Waals surface area contributed by atoms with Crippen molar-refractivity contribution in [3.8, 4) is 0 Å². The van der Waals surface area contributed by atoms with Crippen LogP contribution in [0.3, 0.4) is 0 Å². The van der Waals surface area contributed by atoms with Crippen LogP contribution in [0.4, 0.5) is 0 Å². The van der Waals surface area contributed by atoms with Gasteiger partial charge >= 0.3 is 0 Å². The van der Waals surface area contributed by atoms with Crippen LogP contribution in [0.25, 0.3) is 0 Å². The van der Waals surface area contributed by atoms with Crippen molar-refractivity contribution in [2.24, 2.45) is 16.3 Å². The van der Waals surface area contributed by atoms with Crippen LogP contribution in [0.15, 0.2) is 4.99 Å². The monoisotopic (exact) mass is 534 g/mol. The van der Waals surface area contributed by atoms with E-state index in [0.29, 0.717) is 17.4 Å². The first-order chi connectivity index (χ1) is 14.2. The van der Waals surface area contributed by atoms with E-state index >= 15 is 0 Å². The molecule has 30 heavy (non-hydrogen) atoms. The second kappa shape index (κ2) is 13.1. The molecule has 174 valence electrons. The SMILES string of the molecule is CCNC(=NCC1(CCOC)CCCC1)NC1CCN(C(=O)C2CCCCC2)C1.I. The minimum absolute atomic E-state index is 0. The molecule has 0 aromatic heterocycles. The van der Waals surface area contributed by atoms with Crippen molar-refractivity contribution < 1.29 is 9.53 Å². The first-order valence-electron chi connectivity index (χ1n) is 12.0. The second-order valence-corrected chi connectivity index (χ2v) is 9.39. The molecule has 0 bridgehead atoms. The molecule has 2 saturated carbocycles. The van der Waals surface area contributed by atoms with Gasteiger partial charge in [-0.15, -0.1) is 24.0 Å². The topological polar surface area (TPSA) is 66.0 Å². The summed E-state index contributed by atoms with van der Waals surface area (Å²) in [6.45, 7) is 6.34. The quantitative estimate of drug-likeness (QED) is 0.281. The second-order valence-electron chi connectivity index (χ2n) is 9.39. The summed E-state index contributed by atoms with van der Waals surface area (Å²) in [5.41, 5.74) is 0.303. The van der Waals surface area contributed by atoms with Crippen LogP contribution < -0.4 is 10.6 Å². The van der Waals surface area contributed by atoms with E-state index in [1.807, 2.05) is 0 Å². The number of amides is 1. The van der Waals surface area contributed by atoms with Crippen LogP contribution >= 0.6 is 24.0 Å². The molecule has 0 aromatic carbocycles. The van der Waals surface area contributed by atoms with Crippen molar-refractivity contribution in [3.63, 3.8) is 0 Å². The number of halogens is 1. The fourth-order valence-corrected chi connectivity index (χ4v) is 5.38. The number of guanidine groups is 1. The summed E-state index contributed by atoms with van der Waals surface area (Å²) >= 11 is 0. The molecule has 3 rings (SSSR count). The maximum Gasteiger partial charge on any atom is 0.225 e. The molecule has 0 radical (unpaired) electrons. The highest BCUT2D eigenvalue weighted by molar-refractivity contribution is 14.0. The van der Waals surface area contributed by atoms with Gasteiger partial charge in [-0.1, -0.05) is 32.1 Å². The summed E-state index contributed by atoms with van der Waals surface area (Å²) in [6.07, 6.45) is 13.1. The van der Waals surface area contributed by atoms with Gasteiger partial charge < -0.3 is 20.3 Å². The first-order valence-corrected chi connectivity index (χ1v) is 12.0. The van der Waals surface area contributed by atoms with E-state index in [2.05, 4.69) is 22.5 Å². The number of hydrogen-bond acceptors (Lipinski definition) is 3. The Labute approximate surface area is 200 Å². The van der Waals surface area contributed by atoms with Crippen molar-refractivity contribution in [2.45, 2.75) is 83.6 Å². The molecule has 1 saturated heterocycles. The third-order valence-corrected chi connectivity index (χ3v) is 7.21. The zero-order valence-corrected chi connectivity index (χ0v) is 21.4. The van der Waals surface area contributed by atoms with Crippen molar-refractivity contribution >= 4 is 35.8 Å². The Hall–Kier alpha value is -0.570. The summed E-state index contributed by atoms with van der Waals surface area (Å²) in [5.74, 6) is 1.57. The standard InChI is InChI=1S/C23H42N4O2.HI/c1-3-24-22(25-18-23(14-16-29-2)12-7-8-13-23)26-20-11-15-27(17-20)21(28)19-9-5-4-6-10-19;/h19-20H,3-18H2,1-2H3,(H2,24,25,26);1H. The van der Waals surface area contributed by atoms with Crippen molar-refractivity contribution in [1.29, 1.82) is 0 Å². The van der Waals surface area contributed by atoms with E-state index in [1.54, 1.807) is 7.11 Å². The third-order valence-electron chi connectivity index (χ3n) is 7.21. The summed E-state index contributed by atoms with van der Waals surface area (Å²) < 4.78 is 5.36. The number of likely N-dealkylation sites (tertiary alicyclic amines) is 1. The Bertz CT molecular complexity index is 545. The number of aliphatic imine (C=N–C) groups is 1. The average molecular weight is 535 g/mol. The van der Waals surface area contributed by atoms with Gasteiger partial charge in [0, 0.05) is 51.9 Å². The smallest absolute Gasteiger partial charge is 0.225 e. The number of nitrogens with zero attached hydrogens (tertiary/aromatic N) is 2. The Morgan fingerprint density at radius 2 is 1.87 bits per heavy atom. The summed E-state index contributed by atoms with van der Waals surface area (Å²) in [5, 5.41) is 7.03. The molecular formula is C23H43IN4O2. The van der Waals surface area contributed by atoms with Gasteiger partial charge in [0.05, 0.1) is 0 Å². The number of nitrogens with one attached hydrogen (secondary N) is 2. The fraction of sp³-hybridized carbons (Fsp3) is 0.913. The van der Waals surface area contributed by atoms with Crippen LogP contribution in [-0.2, 0) is 9.53 Å². The van der Waals surface area contributed by atoms with E-state index < -0.39 is 0 Å². The highest BCUT2D eigenvalue weighted by Gasteiger charge is 2.34. The molecule has 1 heterocycles. The Balaban J connectivity index is 0.00000320. The number of ether oxygens (including phenoxy) is 1. The molecule has 6 nitrogen and oxygen atoms in total. The zero-order chi connectivity index (χ0) is 20.5. The van der Waals surface area contributed by atoms with E-state index in [4.69, 9.17) is 9.73 Å². The van der Waals surface area contributed by atoms with Crippen LogP contribution in [0.2, 0.25) is 0 Å². The third kappa shape index (κ3) is 7.24.